The summed E-state index contributed by atoms with van der Waals surface area (Å²) in [5.74, 6) is 0.687. The van der Waals surface area contributed by atoms with E-state index in [9.17, 15) is 13.5 Å². The molecule has 0 atom stereocenters. The van der Waals surface area contributed by atoms with Crippen molar-refractivity contribution in [1.29, 1.82) is 0 Å². The van der Waals surface area contributed by atoms with E-state index in [0.717, 1.165) is 30.7 Å². The highest BCUT2D eigenvalue weighted by atomic mass is 32.3. The predicted octanol–water partition coefficient (Wildman–Crippen LogP) is 6.06. The third kappa shape index (κ3) is 13.5. The van der Waals surface area contributed by atoms with Crippen LogP contribution in [0.4, 0.5) is 0 Å². The standard InChI is InChI=1S/C21H36O5S/c1-18(2)13-11-9-7-5-3-4-6-8-10-12-14-19-15-20(22)17-21(16-19)26-27(23,24)25/h15-18,22H,3-14H2,1-2H3,(H,23,24,25). The van der Waals surface area contributed by atoms with Gasteiger partial charge in [-0.1, -0.05) is 78.1 Å². The van der Waals surface area contributed by atoms with Crippen LogP contribution in [0.25, 0.3) is 0 Å². The molecule has 5 nitrogen and oxygen atoms in total. The average molecular weight is 401 g/mol. The number of hydrogen-bond donors (Lipinski definition) is 2. The number of phenols is 1. The Hall–Kier alpha value is -1.27. The molecule has 1 aromatic carbocycles. The van der Waals surface area contributed by atoms with Gasteiger partial charge in [0.25, 0.3) is 0 Å². The molecule has 0 saturated heterocycles. The van der Waals surface area contributed by atoms with Crippen molar-refractivity contribution in [3.05, 3.63) is 23.8 Å². The third-order valence-electron chi connectivity index (χ3n) is 4.65. The van der Waals surface area contributed by atoms with Crippen LogP contribution in [0.5, 0.6) is 11.5 Å². The highest BCUT2D eigenvalue weighted by Crippen LogP contribution is 2.24. The second-order valence-electron chi connectivity index (χ2n) is 7.81. The Morgan fingerprint density at radius 1 is 0.852 bits per heavy atom. The van der Waals surface area contributed by atoms with Gasteiger partial charge in [0.15, 0.2) is 0 Å². The largest absolute Gasteiger partial charge is 0.508 e. The molecule has 0 radical (unpaired) electrons. The topological polar surface area (TPSA) is 83.8 Å². The Morgan fingerprint density at radius 2 is 1.37 bits per heavy atom. The summed E-state index contributed by atoms with van der Waals surface area (Å²) in [5, 5.41) is 9.64. The van der Waals surface area contributed by atoms with Crippen molar-refractivity contribution >= 4 is 10.4 Å². The molecule has 0 amide bonds. The molecule has 0 aliphatic carbocycles. The molecule has 0 fully saturated rings. The first-order valence-corrected chi connectivity index (χ1v) is 11.6. The van der Waals surface area contributed by atoms with Gasteiger partial charge < -0.3 is 9.29 Å². The molecule has 1 aromatic rings. The van der Waals surface area contributed by atoms with E-state index in [1.165, 1.54) is 69.9 Å². The van der Waals surface area contributed by atoms with Gasteiger partial charge in [-0.25, -0.2) is 0 Å². The van der Waals surface area contributed by atoms with Crippen LogP contribution in [0.3, 0.4) is 0 Å². The van der Waals surface area contributed by atoms with E-state index in [1.54, 1.807) is 6.07 Å². The first kappa shape index (κ1) is 23.8. The van der Waals surface area contributed by atoms with Gasteiger partial charge in [0.2, 0.25) is 0 Å². The van der Waals surface area contributed by atoms with Crippen molar-refractivity contribution in [2.45, 2.75) is 90.9 Å². The molecular formula is C21H36O5S. The maximum atomic E-state index is 10.8. The van der Waals surface area contributed by atoms with E-state index in [4.69, 9.17) is 4.55 Å². The van der Waals surface area contributed by atoms with Crippen LogP contribution < -0.4 is 4.18 Å². The highest BCUT2D eigenvalue weighted by molar-refractivity contribution is 7.81. The lowest BCUT2D eigenvalue weighted by atomic mass is 10.0. The lowest BCUT2D eigenvalue weighted by Gasteiger charge is -2.07. The fourth-order valence-electron chi connectivity index (χ4n) is 3.25. The molecule has 1 rings (SSSR count). The number of hydrogen-bond acceptors (Lipinski definition) is 4. The number of aryl methyl sites for hydroxylation is 1. The number of aromatic hydroxyl groups is 1. The summed E-state index contributed by atoms with van der Waals surface area (Å²) < 4.78 is 34.7. The van der Waals surface area contributed by atoms with Gasteiger partial charge in [-0.05, 0) is 36.5 Å². The van der Waals surface area contributed by atoms with Gasteiger partial charge in [-0.3, -0.25) is 4.55 Å². The zero-order chi connectivity index (χ0) is 20.1. The van der Waals surface area contributed by atoms with Gasteiger partial charge in [-0.2, -0.15) is 8.42 Å². The number of rotatable bonds is 15. The first-order chi connectivity index (χ1) is 12.8. The maximum Gasteiger partial charge on any atom is 0.446 e. The average Bonchev–Trinajstić information content (AvgIpc) is 2.53. The zero-order valence-corrected chi connectivity index (χ0v) is 17.6. The number of phenolic OH excluding ortho intramolecular Hbond substituents is 1. The summed E-state index contributed by atoms with van der Waals surface area (Å²) in [6, 6.07) is 4.29. The molecule has 156 valence electrons. The molecule has 0 spiro atoms. The lowest BCUT2D eigenvalue weighted by molar-refractivity contribution is 0.385. The molecule has 0 bridgehead atoms. The van der Waals surface area contributed by atoms with Crippen molar-refractivity contribution in [1.82, 2.24) is 0 Å². The Morgan fingerprint density at radius 3 is 1.89 bits per heavy atom. The van der Waals surface area contributed by atoms with E-state index < -0.39 is 10.4 Å². The van der Waals surface area contributed by atoms with Crippen LogP contribution in [0.15, 0.2) is 18.2 Å². The molecule has 2 N–H and O–H groups in total. The van der Waals surface area contributed by atoms with Crippen molar-refractivity contribution in [3.8, 4) is 11.5 Å². The monoisotopic (exact) mass is 400 g/mol. The van der Waals surface area contributed by atoms with Crippen molar-refractivity contribution < 1.29 is 22.3 Å². The predicted molar refractivity (Wildman–Crippen MR) is 110 cm³/mol. The first-order valence-electron chi connectivity index (χ1n) is 10.3. The summed E-state index contributed by atoms with van der Waals surface area (Å²) in [6.45, 7) is 4.57. The Bertz CT molecular complexity index is 625. The van der Waals surface area contributed by atoms with Crippen LogP contribution in [0.2, 0.25) is 0 Å². The molecule has 0 heterocycles. The zero-order valence-electron chi connectivity index (χ0n) is 16.8. The smallest absolute Gasteiger partial charge is 0.446 e. The highest BCUT2D eigenvalue weighted by Gasteiger charge is 2.09. The molecule has 0 unspecified atom stereocenters. The van der Waals surface area contributed by atoms with E-state index in [2.05, 4.69) is 18.0 Å². The van der Waals surface area contributed by atoms with E-state index in [0.29, 0.717) is 0 Å². The number of benzene rings is 1. The second kappa shape index (κ2) is 13.0. The van der Waals surface area contributed by atoms with Gasteiger partial charge in [0.05, 0.1) is 0 Å². The van der Waals surface area contributed by atoms with Crippen LogP contribution >= 0.6 is 0 Å². The molecule has 0 saturated carbocycles. The van der Waals surface area contributed by atoms with Crippen molar-refractivity contribution in [2.75, 3.05) is 0 Å². The maximum absolute atomic E-state index is 10.8. The molecule has 0 aromatic heterocycles. The van der Waals surface area contributed by atoms with Gasteiger partial charge in [-0.15, -0.1) is 0 Å². The van der Waals surface area contributed by atoms with E-state index in [-0.39, 0.29) is 11.5 Å². The lowest BCUT2D eigenvalue weighted by Crippen LogP contribution is -2.06. The summed E-state index contributed by atoms with van der Waals surface area (Å²) >= 11 is 0. The fraction of sp³-hybridized carbons (Fsp3) is 0.714. The molecule has 0 aliphatic rings. The summed E-state index contributed by atoms with van der Waals surface area (Å²) in [4.78, 5) is 0. The van der Waals surface area contributed by atoms with Crippen LogP contribution in [0, 0.1) is 5.92 Å². The summed E-state index contributed by atoms with van der Waals surface area (Å²) in [7, 11) is -4.57. The Balaban J connectivity index is 2.08. The van der Waals surface area contributed by atoms with Crippen LogP contribution in [-0.4, -0.2) is 18.1 Å². The van der Waals surface area contributed by atoms with Gasteiger partial charge >= 0.3 is 10.4 Å². The van der Waals surface area contributed by atoms with Crippen molar-refractivity contribution in [3.63, 3.8) is 0 Å². The molecular weight excluding hydrogens is 364 g/mol. The van der Waals surface area contributed by atoms with Crippen LogP contribution in [0.1, 0.15) is 90.0 Å². The van der Waals surface area contributed by atoms with Gasteiger partial charge in [0.1, 0.15) is 11.5 Å². The molecule has 0 aliphatic heterocycles. The quantitative estimate of drug-likeness (QED) is 0.276. The van der Waals surface area contributed by atoms with Crippen LogP contribution in [-0.2, 0) is 16.8 Å². The van der Waals surface area contributed by atoms with Gasteiger partial charge in [0, 0.05) is 6.07 Å². The second-order valence-corrected chi connectivity index (χ2v) is 8.84. The van der Waals surface area contributed by atoms with E-state index in [1.807, 2.05) is 0 Å². The molecule has 27 heavy (non-hydrogen) atoms. The summed E-state index contributed by atoms with van der Waals surface area (Å²) in [6.07, 6.45) is 14.7. The number of unbranched alkanes of at least 4 members (excludes halogenated alkanes) is 9. The van der Waals surface area contributed by atoms with E-state index >= 15 is 0 Å². The minimum atomic E-state index is -4.57. The fourth-order valence-corrected chi connectivity index (χ4v) is 3.59. The molecule has 6 heteroatoms. The van der Waals surface area contributed by atoms with Crippen molar-refractivity contribution in [2.24, 2.45) is 5.92 Å². The third-order valence-corrected chi connectivity index (χ3v) is 5.05. The normalized spacial score (nSPS) is 11.9. The summed E-state index contributed by atoms with van der Waals surface area (Å²) in [5.41, 5.74) is 0.801. The Labute approximate surface area is 165 Å². The minimum absolute atomic E-state index is 0.0686. The Kier molecular flexibility index (Phi) is 11.4. The minimum Gasteiger partial charge on any atom is -0.508 e. The SMILES string of the molecule is CC(C)CCCCCCCCCCCCc1cc(O)cc(OS(=O)(=O)O)c1.